The summed E-state index contributed by atoms with van der Waals surface area (Å²) >= 11 is 0. The molecule has 0 saturated heterocycles. The fraction of sp³-hybridized carbons (Fsp3) is 0.640. The fourth-order valence-electron chi connectivity index (χ4n) is 6.61. The molecule has 0 radical (unpaired) electrons. The summed E-state index contributed by atoms with van der Waals surface area (Å²) < 4.78 is 5.24. The van der Waals surface area contributed by atoms with Crippen molar-refractivity contribution in [1.29, 1.82) is 0 Å². The number of rotatable bonds is 7. The summed E-state index contributed by atoms with van der Waals surface area (Å²) in [6.45, 7) is 5.17. The van der Waals surface area contributed by atoms with Gasteiger partial charge in [-0.1, -0.05) is 18.2 Å². The van der Waals surface area contributed by atoms with E-state index in [1.54, 1.807) is 0 Å². The first-order valence-electron chi connectivity index (χ1n) is 11.6. The number of ether oxygens (including phenoxy) is 1. The van der Waals surface area contributed by atoms with Crippen LogP contribution in [0.2, 0.25) is 0 Å². The molecule has 6 heteroatoms. The third-order valence-corrected chi connectivity index (χ3v) is 7.54. The van der Waals surface area contributed by atoms with Crippen LogP contribution in [0.1, 0.15) is 63.0 Å². The molecule has 0 spiro atoms. The normalized spacial score (nSPS) is 29.3. The van der Waals surface area contributed by atoms with E-state index >= 15 is 0 Å². The van der Waals surface area contributed by atoms with E-state index in [0.717, 1.165) is 53.8 Å². The lowest BCUT2D eigenvalue weighted by atomic mass is 9.49. The number of aryl methyl sites for hydroxylation is 2. The second-order valence-electron chi connectivity index (χ2n) is 10.3. The Morgan fingerprint density at radius 2 is 1.58 bits per heavy atom. The molecule has 4 bridgehead atoms. The van der Waals surface area contributed by atoms with Gasteiger partial charge in [-0.05, 0) is 93.6 Å². The lowest BCUT2D eigenvalue weighted by molar-refractivity contribution is -0.153. The van der Waals surface area contributed by atoms with Crippen LogP contribution in [0.3, 0.4) is 0 Å². The van der Waals surface area contributed by atoms with Crippen molar-refractivity contribution in [1.82, 2.24) is 5.32 Å². The van der Waals surface area contributed by atoms with E-state index in [1.165, 1.54) is 26.2 Å². The lowest BCUT2D eigenvalue weighted by Crippen LogP contribution is -2.48. The molecule has 31 heavy (non-hydrogen) atoms. The predicted octanol–water partition coefficient (Wildman–Crippen LogP) is 3.90. The first-order chi connectivity index (χ1) is 14.7. The molecule has 1 atom stereocenters. The smallest absolute Gasteiger partial charge is 0.326 e. The number of anilines is 1. The summed E-state index contributed by atoms with van der Waals surface area (Å²) in [5.74, 6) is 1.32. The SMILES string of the molecule is Cc1cccc(C)c1NC(=O)[C@H](C)OC(=O)CNC(=O)CC12CC3CC(CC(C3)C1)C2. The number of esters is 1. The molecule has 1 aromatic rings. The van der Waals surface area contributed by atoms with Crippen LogP contribution in [0.4, 0.5) is 5.69 Å². The molecule has 0 aromatic heterocycles. The zero-order valence-corrected chi connectivity index (χ0v) is 18.8. The highest BCUT2D eigenvalue weighted by Gasteiger charge is 2.51. The number of amides is 2. The van der Waals surface area contributed by atoms with E-state index in [4.69, 9.17) is 4.74 Å². The zero-order valence-electron chi connectivity index (χ0n) is 18.8. The van der Waals surface area contributed by atoms with Gasteiger partial charge in [-0.3, -0.25) is 14.4 Å². The van der Waals surface area contributed by atoms with Gasteiger partial charge in [0, 0.05) is 12.1 Å². The summed E-state index contributed by atoms with van der Waals surface area (Å²) in [5.41, 5.74) is 2.77. The first kappa shape index (κ1) is 21.8. The number of carbonyl (C=O) groups excluding carboxylic acids is 3. The number of carbonyl (C=O) groups is 3. The van der Waals surface area contributed by atoms with E-state index in [1.807, 2.05) is 32.0 Å². The van der Waals surface area contributed by atoms with Gasteiger partial charge >= 0.3 is 5.97 Å². The maximum atomic E-state index is 12.6. The quantitative estimate of drug-likeness (QED) is 0.648. The molecule has 5 rings (SSSR count). The first-order valence-corrected chi connectivity index (χ1v) is 11.6. The van der Waals surface area contributed by atoms with Crippen molar-refractivity contribution in [3.05, 3.63) is 29.3 Å². The molecule has 1 aromatic carbocycles. The van der Waals surface area contributed by atoms with Crippen LogP contribution in [0.25, 0.3) is 0 Å². The average molecular weight is 427 g/mol. The van der Waals surface area contributed by atoms with Gasteiger partial charge in [0.1, 0.15) is 6.54 Å². The van der Waals surface area contributed by atoms with Gasteiger partial charge in [0.2, 0.25) is 5.91 Å². The Morgan fingerprint density at radius 3 is 2.13 bits per heavy atom. The van der Waals surface area contributed by atoms with Crippen molar-refractivity contribution in [3.8, 4) is 0 Å². The zero-order chi connectivity index (χ0) is 22.2. The second kappa shape index (κ2) is 8.64. The molecular weight excluding hydrogens is 392 g/mol. The molecule has 0 heterocycles. The van der Waals surface area contributed by atoms with Gasteiger partial charge in [-0.2, -0.15) is 0 Å². The van der Waals surface area contributed by atoms with Gasteiger partial charge in [0.15, 0.2) is 6.10 Å². The van der Waals surface area contributed by atoms with Crippen LogP contribution in [0.5, 0.6) is 0 Å². The predicted molar refractivity (Wildman–Crippen MR) is 118 cm³/mol. The summed E-state index contributed by atoms with van der Waals surface area (Å²) in [6.07, 6.45) is 7.07. The maximum Gasteiger partial charge on any atom is 0.326 e. The molecule has 4 fully saturated rings. The van der Waals surface area contributed by atoms with E-state index in [9.17, 15) is 14.4 Å². The van der Waals surface area contributed by atoms with Crippen molar-refractivity contribution in [2.45, 2.75) is 71.8 Å². The molecule has 168 valence electrons. The Labute approximate surface area is 184 Å². The van der Waals surface area contributed by atoms with Crippen LogP contribution in [-0.4, -0.2) is 30.4 Å². The van der Waals surface area contributed by atoms with Crippen LogP contribution in [-0.2, 0) is 19.1 Å². The van der Waals surface area contributed by atoms with Crippen molar-refractivity contribution in [2.24, 2.45) is 23.2 Å². The largest absolute Gasteiger partial charge is 0.451 e. The molecule has 2 amide bonds. The van der Waals surface area contributed by atoms with Crippen molar-refractivity contribution in [3.63, 3.8) is 0 Å². The standard InChI is InChI=1S/C25H34N2O4/c1-15-5-4-6-16(2)23(15)27-24(30)17(3)31-22(29)14-26-21(28)13-25-10-18-7-19(11-25)9-20(8-18)12-25/h4-6,17-20H,7-14H2,1-3H3,(H,26,28)(H,27,30)/t17-,18?,19?,20?,25?/m0/s1. The summed E-state index contributed by atoms with van der Waals surface area (Å²) in [4.78, 5) is 37.2. The lowest BCUT2D eigenvalue weighted by Gasteiger charge is -2.56. The Balaban J connectivity index is 1.22. The van der Waals surface area contributed by atoms with E-state index in [-0.39, 0.29) is 23.8 Å². The molecule has 2 N–H and O–H groups in total. The molecular formula is C25H34N2O4. The van der Waals surface area contributed by atoms with Crippen LogP contribution >= 0.6 is 0 Å². The molecule has 0 aliphatic heterocycles. The van der Waals surface area contributed by atoms with E-state index in [0.29, 0.717) is 6.42 Å². The van der Waals surface area contributed by atoms with E-state index < -0.39 is 12.1 Å². The third-order valence-electron chi connectivity index (χ3n) is 7.54. The van der Waals surface area contributed by atoms with Crippen molar-refractivity contribution >= 4 is 23.5 Å². The number of hydrogen-bond acceptors (Lipinski definition) is 4. The van der Waals surface area contributed by atoms with Gasteiger partial charge in [0.05, 0.1) is 0 Å². The van der Waals surface area contributed by atoms with Crippen molar-refractivity contribution in [2.75, 3.05) is 11.9 Å². The van der Waals surface area contributed by atoms with Crippen LogP contribution in [0.15, 0.2) is 18.2 Å². The van der Waals surface area contributed by atoms with Gasteiger partial charge in [0.25, 0.3) is 5.91 Å². The summed E-state index contributed by atoms with van der Waals surface area (Å²) in [5, 5.41) is 5.55. The fourth-order valence-corrected chi connectivity index (χ4v) is 6.61. The Bertz CT molecular complexity index is 823. The van der Waals surface area contributed by atoms with Gasteiger partial charge < -0.3 is 15.4 Å². The number of para-hydroxylation sites is 1. The molecule has 4 aliphatic carbocycles. The van der Waals surface area contributed by atoms with E-state index in [2.05, 4.69) is 10.6 Å². The minimum Gasteiger partial charge on any atom is -0.451 e. The minimum atomic E-state index is -0.938. The highest BCUT2D eigenvalue weighted by Crippen LogP contribution is 2.61. The monoisotopic (exact) mass is 426 g/mol. The Kier molecular flexibility index (Phi) is 6.09. The molecule has 4 aliphatic rings. The average Bonchev–Trinajstić information content (AvgIpc) is 2.67. The highest BCUT2D eigenvalue weighted by molar-refractivity contribution is 5.96. The molecule has 0 unspecified atom stereocenters. The van der Waals surface area contributed by atoms with Gasteiger partial charge in [-0.25, -0.2) is 0 Å². The number of benzene rings is 1. The summed E-state index contributed by atoms with van der Waals surface area (Å²) in [6, 6.07) is 5.76. The van der Waals surface area contributed by atoms with Crippen LogP contribution < -0.4 is 10.6 Å². The Hall–Kier alpha value is -2.37. The van der Waals surface area contributed by atoms with Crippen LogP contribution in [0, 0.1) is 37.0 Å². The highest BCUT2D eigenvalue weighted by atomic mass is 16.5. The third kappa shape index (κ3) is 4.94. The molecule has 4 saturated carbocycles. The molecule has 6 nitrogen and oxygen atoms in total. The second-order valence-corrected chi connectivity index (χ2v) is 10.3. The number of nitrogens with one attached hydrogen (secondary N) is 2. The maximum absolute atomic E-state index is 12.6. The minimum absolute atomic E-state index is 0.0773. The number of hydrogen-bond donors (Lipinski definition) is 2. The Morgan fingerprint density at radius 1 is 1.03 bits per heavy atom. The topological polar surface area (TPSA) is 84.5 Å². The van der Waals surface area contributed by atoms with Gasteiger partial charge in [-0.15, -0.1) is 0 Å². The van der Waals surface area contributed by atoms with Crippen molar-refractivity contribution < 1.29 is 19.1 Å². The summed E-state index contributed by atoms with van der Waals surface area (Å²) in [7, 11) is 0.